The molecule has 0 saturated carbocycles. The van der Waals surface area contributed by atoms with E-state index in [0.717, 1.165) is 41.1 Å². The normalized spacial score (nSPS) is 16.4. The van der Waals surface area contributed by atoms with E-state index in [0.29, 0.717) is 6.42 Å². The fraction of sp³-hybridized carbons (Fsp3) is 0.286. The van der Waals surface area contributed by atoms with Crippen LogP contribution in [0.5, 0.6) is 0 Å². The van der Waals surface area contributed by atoms with Gasteiger partial charge in [0, 0.05) is 39.2 Å². The van der Waals surface area contributed by atoms with Crippen molar-refractivity contribution in [3.05, 3.63) is 64.8 Å². The van der Waals surface area contributed by atoms with E-state index in [1.165, 1.54) is 15.8 Å². The largest absolute Gasteiger partial charge is 0.361 e. The van der Waals surface area contributed by atoms with Gasteiger partial charge in [-0.15, -0.1) is 11.8 Å². The lowest BCUT2D eigenvalue weighted by Crippen LogP contribution is -2.30. The molecule has 0 spiro atoms. The van der Waals surface area contributed by atoms with Crippen LogP contribution in [0.2, 0.25) is 5.02 Å². The first-order chi connectivity index (χ1) is 12.7. The Morgan fingerprint density at radius 1 is 1.27 bits per heavy atom. The molecule has 0 aliphatic carbocycles. The summed E-state index contributed by atoms with van der Waals surface area (Å²) < 4.78 is 0. The monoisotopic (exact) mass is 384 g/mol. The third kappa shape index (κ3) is 3.76. The predicted octanol–water partition coefficient (Wildman–Crippen LogP) is 5.50. The fourth-order valence-corrected chi connectivity index (χ4v) is 4.85. The minimum Gasteiger partial charge on any atom is -0.361 e. The number of amides is 1. The van der Waals surface area contributed by atoms with Crippen molar-refractivity contribution in [3.63, 3.8) is 0 Å². The molecule has 1 unspecified atom stereocenters. The van der Waals surface area contributed by atoms with E-state index in [4.69, 9.17) is 11.6 Å². The number of rotatable bonds is 5. The van der Waals surface area contributed by atoms with Crippen LogP contribution in [0.4, 0.5) is 0 Å². The second-order valence-electron chi connectivity index (χ2n) is 6.65. The molecule has 1 amide bonds. The maximum atomic E-state index is 12.4. The van der Waals surface area contributed by atoms with Gasteiger partial charge in [0.2, 0.25) is 5.91 Å². The zero-order chi connectivity index (χ0) is 17.9. The number of aromatic nitrogens is 1. The summed E-state index contributed by atoms with van der Waals surface area (Å²) in [4.78, 5) is 17.0. The third-order valence-corrected chi connectivity index (χ3v) is 6.23. The van der Waals surface area contributed by atoms with Gasteiger partial charge >= 0.3 is 0 Å². The predicted molar refractivity (Wildman–Crippen MR) is 109 cm³/mol. The molecule has 2 aromatic carbocycles. The Morgan fingerprint density at radius 3 is 3.08 bits per heavy atom. The van der Waals surface area contributed by atoms with E-state index in [-0.39, 0.29) is 11.9 Å². The van der Waals surface area contributed by atoms with E-state index in [1.54, 1.807) is 0 Å². The summed E-state index contributed by atoms with van der Waals surface area (Å²) in [5, 5.41) is 5.18. The molecule has 3 aromatic rings. The Bertz CT molecular complexity index is 937. The number of thioether (sulfide) groups is 1. The van der Waals surface area contributed by atoms with Crippen molar-refractivity contribution in [2.24, 2.45) is 0 Å². The van der Waals surface area contributed by atoms with E-state index in [2.05, 4.69) is 40.8 Å². The van der Waals surface area contributed by atoms with Crippen LogP contribution in [-0.2, 0) is 11.2 Å². The van der Waals surface area contributed by atoms with Crippen LogP contribution in [0.15, 0.2) is 53.6 Å². The number of halogens is 1. The number of carbonyl (C=O) groups excluding carboxylic acids is 1. The molecule has 26 heavy (non-hydrogen) atoms. The van der Waals surface area contributed by atoms with Gasteiger partial charge in [-0.2, -0.15) is 0 Å². The van der Waals surface area contributed by atoms with Gasteiger partial charge in [0.25, 0.3) is 0 Å². The number of aryl methyl sites for hydroxylation is 1. The van der Waals surface area contributed by atoms with Crippen molar-refractivity contribution in [2.75, 3.05) is 5.75 Å². The molecule has 0 bridgehead atoms. The van der Waals surface area contributed by atoms with Crippen LogP contribution in [0.25, 0.3) is 10.9 Å². The first-order valence-electron chi connectivity index (χ1n) is 8.97. The number of carbonyl (C=O) groups is 1. The topological polar surface area (TPSA) is 44.9 Å². The SMILES string of the molecule is O=C(CCCc1c[nH]c2ccccc12)NC1CCSc2ccc(Cl)cc21. The number of aromatic amines is 1. The Hall–Kier alpha value is -1.91. The van der Waals surface area contributed by atoms with Crippen molar-refractivity contribution in [2.45, 2.75) is 36.6 Å². The highest BCUT2D eigenvalue weighted by molar-refractivity contribution is 7.99. The molecule has 2 heterocycles. The number of benzene rings is 2. The van der Waals surface area contributed by atoms with Crippen LogP contribution >= 0.6 is 23.4 Å². The number of H-pyrrole nitrogens is 1. The standard InChI is InChI=1S/C21H21ClN2OS/c22-15-8-9-20-17(12-15)19(10-11-26-20)24-21(25)7-3-4-14-13-23-18-6-2-1-5-16(14)18/h1-2,5-6,8-9,12-13,19,23H,3-4,7,10-11H2,(H,24,25). The van der Waals surface area contributed by atoms with Crippen molar-refractivity contribution in [3.8, 4) is 0 Å². The van der Waals surface area contributed by atoms with Gasteiger partial charge < -0.3 is 10.3 Å². The Kier molecular flexibility index (Phi) is 5.23. The summed E-state index contributed by atoms with van der Waals surface area (Å²) in [5.41, 5.74) is 3.58. The van der Waals surface area contributed by atoms with E-state index in [1.807, 2.05) is 30.0 Å². The molecule has 4 rings (SSSR count). The highest BCUT2D eigenvalue weighted by atomic mass is 35.5. The number of fused-ring (bicyclic) bond motifs is 2. The number of hydrogen-bond acceptors (Lipinski definition) is 2. The minimum absolute atomic E-state index is 0.0746. The van der Waals surface area contributed by atoms with Gasteiger partial charge in [0.15, 0.2) is 0 Å². The smallest absolute Gasteiger partial charge is 0.220 e. The first-order valence-corrected chi connectivity index (χ1v) is 10.3. The summed E-state index contributed by atoms with van der Waals surface area (Å²) in [6.45, 7) is 0. The number of nitrogens with one attached hydrogen (secondary N) is 2. The maximum absolute atomic E-state index is 12.4. The molecule has 1 atom stereocenters. The zero-order valence-corrected chi connectivity index (χ0v) is 16.0. The van der Waals surface area contributed by atoms with Gasteiger partial charge in [-0.25, -0.2) is 0 Å². The highest BCUT2D eigenvalue weighted by Gasteiger charge is 2.22. The number of para-hydroxylation sites is 1. The highest BCUT2D eigenvalue weighted by Crippen LogP contribution is 2.37. The molecule has 0 saturated heterocycles. The summed E-state index contributed by atoms with van der Waals surface area (Å²) in [5.74, 6) is 1.14. The number of hydrogen-bond donors (Lipinski definition) is 2. The Balaban J connectivity index is 1.34. The van der Waals surface area contributed by atoms with Crippen molar-refractivity contribution < 1.29 is 4.79 Å². The molecule has 5 heteroatoms. The zero-order valence-electron chi connectivity index (χ0n) is 14.4. The Morgan fingerprint density at radius 2 is 2.15 bits per heavy atom. The van der Waals surface area contributed by atoms with E-state index in [9.17, 15) is 4.79 Å². The summed E-state index contributed by atoms with van der Waals surface area (Å²) in [6, 6.07) is 14.3. The summed E-state index contributed by atoms with van der Waals surface area (Å²) in [7, 11) is 0. The first kappa shape index (κ1) is 17.5. The lowest BCUT2D eigenvalue weighted by Gasteiger charge is -2.26. The molecule has 1 aliphatic rings. The van der Waals surface area contributed by atoms with Crippen molar-refractivity contribution >= 4 is 40.2 Å². The van der Waals surface area contributed by atoms with Gasteiger partial charge in [-0.3, -0.25) is 4.79 Å². The second kappa shape index (κ2) is 7.77. The summed E-state index contributed by atoms with van der Waals surface area (Å²) in [6.07, 6.45) is 5.29. The van der Waals surface area contributed by atoms with Gasteiger partial charge in [-0.05, 0) is 54.7 Å². The van der Waals surface area contributed by atoms with Gasteiger partial charge in [0.05, 0.1) is 6.04 Å². The molecule has 1 aliphatic heterocycles. The third-order valence-electron chi connectivity index (χ3n) is 4.87. The molecule has 134 valence electrons. The van der Waals surface area contributed by atoms with Crippen LogP contribution in [0, 0.1) is 0 Å². The average Bonchev–Trinajstić information content (AvgIpc) is 3.06. The van der Waals surface area contributed by atoms with Crippen LogP contribution in [0.3, 0.4) is 0 Å². The lowest BCUT2D eigenvalue weighted by molar-refractivity contribution is -0.122. The maximum Gasteiger partial charge on any atom is 0.220 e. The van der Waals surface area contributed by atoms with Crippen LogP contribution in [-0.4, -0.2) is 16.6 Å². The fourth-order valence-electron chi connectivity index (χ4n) is 3.56. The van der Waals surface area contributed by atoms with Crippen molar-refractivity contribution in [1.29, 1.82) is 0 Å². The Labute approximate surface area is 162 Å². The quantitative estimate of drug-likeness (QED) is 0.610. The molecule has 0 radical (unpaired) electrons. The average molecular weight is 385 g/mol. The molecule has 0 fully saturated rings. The molecule has 2 N–H and O–H groups in total. The lowest BCUT2D eigenvalue weighted by atomic mass is 10.0. The van der Waals surface area contributed by atoms with E-state index < -0.39 is 0 Å². The minimum atomic E-state index is 0.0746. The second-order valence-corrected chi connectivity index (χ2v) is 8.23. The molecule has 3 nitrogen and oxygen atoms in total. The van der Waals surface area contributed by atoms with Gasteiger partial charge in [-0.1, -0.05) is 29.8 Å². The summed E-state index contributed by atoms with van der Waals surface area (Å²) >= 11 is 7.97. The molecule has 1 aromatic heterocycles. The van der Waals surface area contributed by atoms with Crippen LogP contribution in [0.1, 0.15) is 36.4 Å². The van der Waals surface area contributed by atoms with E-state index >= 15 is 0 Å². The molecular weight excluding hydrogens is 364 g/mol. The van der Waals surface area contributed by atoms with Gasteiger partial charge in [0.1, 0.15) is 0 Å². The molecular formula is C21H21ClN2OS. The van der Waals surface area contributed by atoms with Crippen molar-refractivity contribution in [1.82, 2.24) is 10.3 Å². The van der Waals surface area contributed by atoms with Crippen LogP contribution < -0.4 is 5.32 Å².